The lowest BCUT2D eigenvalue weighted by Crippen LogP contribution is -2.35. The first kappa shape index (κ1) is 12.4. The predicted molar refractivity (Wildman–Crippen MR) is 49.0 cm³/mol. The average molecular weight is 234 g/mol. The summed E-state index contributed by atoms with van der Waals surface area (Å²) in [6, 6.07) is 3.40. The highest BCUT2D eigenvalue weighted by atomic mass is 19.3. The molecule has 0 aliphatic heterocycles. The van der Waals surface area contributed by atoms with Crippen LogP contribution in [0.2, 0.25) is 0 Å². The molecule has 0 saturated carbocycles. The number of aryl methyl sites for hydroxylation is 1. The van der Waals surface area contributed by atoms with Gasteiger partial charge in [-0.2, -0.15) is 8.78 Å². The molecule has 0 unspecified atom stereocenters. The van der Waals surface area contributed by atoms with Gasteiger partial charge in [0, 0.05) is 0 Å². The molecular weight excluding hydrogens is 225 g/mol. The number of ether oxygens (including phenoxy) is 1. The van der Waals surface area contributed by atoms with Gasteiger partial charge in [-0.05, 0) is 24.1 Å². The van der Waals surface area contributed by atoms with E-state index in [2.05, 4.69) is 4.74 Å². The Balaban J connectivity index is 3.00. The molecule has 0 spiro atoms. The number of alkyl halides is 2. The summed E-state index contributed by atoms with van der Waals surface area (Å²) in [5.74, 6) is -4.27. The summed E-state index contributed by atoms with van der Waals surface area (Å²) in [7, 11) is 0. The molecule has 1 aromatic rings. The summed E-state index contributed by atoms with van der Waals surface area (Å²) >= 11 is 0. The molecular formula is C10H9F3O3. The molecule has 0 atom stereocenters. The van der Waals surface area contributed by atoms with Gasteiger partial charge in [-0.1, -0.05) is 13.0 Å². The third-order valence-electron chi connectivity index (χ3n) is 1.89. The number of rotatable bonds is 4. The van der Waals surface area contributed by atoms with Crippen LogP contribution in [0.1, 0.15) is 12.5 Å². The van der Waals surface area contributed by atoms with E-state index >= 15 is 0 Å². The van der Waals surface area contributed by atoms with Crippen molar-refractivity contribution in [3.63, 3.8) is 0 Å². The van der Waals surface area contributed by atoms with Crippen molar-refractivity contribution in [1.29, 1.82) is 0 Å². The first-order chi connectivity index (χ1) is 7.36. The Morgan fingerprint density at radius 1 is 1.50 bits per heavy atom. The zero-order valence-electron chi connectivity index (χ0n) is 8.34. The number of carbonyl (C=O) groups is 1. The average Bonchev–Trinajstić information content (AvgIpc) is 2.21. The molecule has 16 heavy (non-hydrogen) atoms. The zero-order chi connectivity index (χ0) is 12.3. The molecule has 1 rings (SSSR count). The molecule has 0 radical (unpaired) electrons. The monoisotopic (exact) mass is 234 g/mol. The van der Waals surface area contributed by atoms with Gasteiger partial charge in [-0.15, -0.1) is 0 Å². The van der Waals surface area contributed by atoms with Crippen molar-refractivity contribution >= 4 is 5.97 Å². The first-order valence-corrected chi connectivity index (χ1v) is 4.45. The number of hydrogen-bond donors (Lipinski definition) is 1. The van der Waals surface area contributed by atoms with Crippen LogP contribution in [0, 0.1) is 5.82 Å². The highest BCUT2D eigenvalue weighted by Crippen LogP contribution is 2.26. The van der Waals surface area contributed by atoms with Gasteiger partial charge in [-0.3, -0.25) is 0 Å². The van der Waals surface area contributed by atoms with Crippen molar-refractivity contribution in [1.82, 2.24) is 0 Å². The lowest BCUT2D eigenvalue weighted by molar-refractivity contribution is -0.211. The van der Waals surface area contributed by atoms with E-state index in [9.17, 15) is 18.0 Å². The number of aliphatic carboxylic acids is 1. The lowest BCUT2D eigenvalue weighted by Gasteiger charge is -2.14. The van der Waals surface area contributed by atoms with Crippen LogP contribution in [0.25, 0.3) is 0 Å². The summed E-state index contributed by atoms with van der Waals surface area (Å²) in [6.07, 6.45) is -3.94. The van der Waals surface area contributed by atoms with Crippen molar-refractivity contribution in [2.24, 2.45) is 0 Å². The van der Waals surface area contributed by atoms with Gasteiger partial charge >= 0.3 is 12.1 Å². The first-order valence-electron chi connectivity index (χ1n) is 4.45. The fourth-order valence-electron chi connectivity index (χ4n) is 1.03. The Hall–Kier alpha value is -1.72. The minimum absolute atomic E-state index is 0.495. The van der Waals surface area contributed by atoms with Gasteiger partial charge in [0.2, 0.25) is 0 Å². The number of carboxylic acids is 1. The third kappa shape index (κ3) is 2.65. The van der Waals surface area contributed by atoms with Crippen LogP contribution in [0.15, 0.2) is 18.2 Å². The van der Waals surface area contributed by atoms with Gasteiger partial charge in [0.25, 0.3) is 0 Å². The van der Waals surface area contributed by atoms with Gasteiger partial charge in [0.1, 0.15) is 0 Å². The second-order valence-corrected chi connectivity index (χ2v) is 3.04. The fourth-order valence-corrected chi connectivity index (χ4v) is 1.03. The van der Waals surface area contributed by atoms with Crippen molar-refractivity contribution in [2.45, 2.75) is 19.5 Å². The standard InChI is InChI=1S/C10H9F3O3/c1-2-6-3-4-7(11)8(5-6)16-10(12,13)9(14)15/h3-5H,2H2,1H3,(H,14,15). The maximum absolute atomic E-state index is 13.0. The number of halogens is 3. The second-order valence-electron chi connectivity index (χ2n) is 3.04. The normalized spacial score (nSPS) is 11.2. The number of carboxylic acid groups (broad SMARTS) is 1. The molecule has 1 N–H and O–H groups in total. The van der Waals surface area contributed by atoms with Crippen molar-refractivity contribution in [3.8, 4) is 5.75 Å². The molecule has 0 aromatic heterocycles. The molecule has 0 amide bonds. The lowest BCUT2D eigenvalue weighted by atomic mass is 10.1. The van der Waals surface area contributed by atoms with E-state index < -0.39 is 23.6 Å². The van der Waals surface area contributed by atoms with E-state index in [0.29, 0.717) is 12.0 Å². The van der Waals surface area contributed by atoms with E-state index in [-0.39, 0.29) is 0 Å². The zero-order valence-corrected chi connectivity index (χ0v) is 8.34. The van der Waals surface area contributed by atoms with Crippen LogP contribution in [0.3, 0.4) is 0 Å². The largest absolute Gasteiger partial charge is 0.502 e. The molecule has 1 aromatic carbocycles. The Bertz CT molecular complexity index is 404. The van der Waals surface area contributed by atoms with Crippen molar-refractivity contribution in [3.05, 3.63) is 29.6 Å². The Morgan fingerprint density at radius 3 is 2.62 bits per heavy atom. The minimum Gasteiger partial charge on any atom is -0.474 e. The van der Waals surface area contributed by atoms with Crippen LogP contribution in [-0.4, -0.2) is 17.2 Å². The van der Waals surface area contributed by atoms with Crippen LogP contribution in [-0.2, 0) is 11.2 Å². The summed E-state index contributed by atoms with van der Waals surface area (Å²) in [5.41, 5.74) is 0.567. The molecule has 0 bridgehead atoms. The van der Waals surface area contributed by atoms with Crippen LogP contribution in [0.4, 0.5) is 13.2 Å². The molecule has 0 aliphatic rings. The van der Waals surface area contributed by atoms with E-state index in [1.54, 1.807) is 6.92 Å². The molecule has 88 valence electrons. The summed E-state index contributed by atoms with van der Waals surface area (Å²) in [5, 5.41) is 8.12. The Labute approximate surface area is 89.5 Å². The highest BCUT2D eigenvalue weighted by molar-refractivity contribution is 5.73. The Kier molecular flexibility index (Phi) is 3.41. The molecule has 3 nitrogen and oxygen atoms in total. The summed E-state index contributed by atoms with van der Waals surface area (Å²) in [6.45, 7) is 1.74. The molecule has 6 heteroatoms. The van der Waals surface area contributed by atoms with Gasteiger partial charge in [-0.25, -0.2) is 9.18 Å². The number of benzene rings is 1. The van der Waals surface area contributed by atoms with Gasteiger partial charge in [0.15, 0.2) is 11.6 Å². The van der Waals surface area contributed by atoms with E-state index in [1.165, 1.54) is 6.07 Å². The fraction of sp³-hybridized carbons (Fsp3) is 0.300. The van der Waals surface area contributed by atoms with Gasteiger partial charge < -0.3 is 9.84 Å². The quantitative estimate of drug-likeness (QED) is 0.870. The van der Waals surface area contributed by atoms with E-state index in [4.69, 9.17) is 5.11 Å². The maximum Gasteiger partial charge on any atom is 0.502 e. The maximum atomic E-state index is 13.0. The summed E-state index contributed by atoms with van der Waals surface area (Å²) in [4.78, 5) is 10.1. The van der Waals surface area contributed by atoms with E-state index in [1.807, 2.05) is 0 Å². The van der Waals surface area contributed by atoms with Crippen LogP contribution >= 0.6 is 0 Å². The molecule has 0 saturated heterocycles. The van der Waals surface area contributed by atoms with Crippen LogP contribution in [0.5, 0.6) is 5.75 Å². The van der Waals surface area contributed by atoms with Crippen molar-refractivity contribution < 1.29 is 27.8 Å². The SMILES string of the molecule is CCc1ccc(F)c(OC(F)(F)C(=O)O)c1. The highest BCUT2D eigenvalue weighted by Gasteiger charge is 2.43. The molecule has 0 heterocycles. The Morgan fingerprint density at radius 2 is 2.12 bits per heavy atom. The topological polar surface area (TPSA) is 46.5 Å². The van der Waals surface area contributed by atoms with Gasteiger partial charge in [0.05, 0.1) is 0 Å². The predicted octanol–water partition coefficient (Wildman–Crippen LogP) is 2.44. The van der Waals surface area contributed by atoms with Crippen molar-refractivity contribution in [2.75, 3.05) is 0 Å². The smallest absolute Gasteiger partial charge is 0.474 e. The second kappa shape index (κ2) is 4.42. The summed E-state index contributed by atoms with van der Waals surface area (Å²) < 4.78 is 42.2. The molecule has 0 aliphatic carbocycles. The third-order valence-corrected chi connectivity index (χ3v) is 1.89. The molecule has 0 fully saturated rings. The number of hydrogen-bond acceptors (Lipinski definition) is 2. The van der Waals surface area contributed by atoms with Crippen LogP contribution < -0.4 is 4.74 Å². The van der Waals surface area contributed by atoms with E-state index in [0.717, 1.165) is 12.1 Å². The minimum atomic E-state index is -4.44.